The minimum atomic E-state index is 0.872. The highest BCUT2D eigenvalue weighted by Gasteiger charge is 2.11. The maximum atomic E-state index is 5.51. The summed E-state index contributed by atoms with van der Waals surface area (Å²) in [5.74, 6) is 0.955. The van der Waals surface area contributed by atoms with Crippen molar-refractivity contribution in [2.24, 2.45) is 0 Å². The fourth-order valence-electron chi connectivity index (χ4n) is 2.71. The number of hydrogen-bond acceptors (Lipinski definition) is 3. The molecule has 118 valence electrons. The molecular weight excluding hydrogens is 302 g/mol. The van der Waals surface area contributed by atoms with Gasteiger partial charge in [-0.1, -0.05) is 54.6 Å². The number of methoxy groups -OCH3 is 1. The molecule has 0 amide bonds. The third-order valence-corrected chi connectivity index (χ3v) is 4.66. The van der Waals surface area contributed by atoms with Crippen molar-refractivity contribution in [1.82, 2.24) is 4.90 Å². The molecule has 0 radical (unpaired) electrons. The van der Waals surface area contributed by atoms with Gasteiger partial charge in [-0.2, -0.15) is 0 Å². The minimum Gasteiger partial charge on any atom is -0.496 e. The summed E-state index contributed by atoms with van der Waals surface area (Å²) < 4.78 is 5.51. The quantitative estimate of drug-likeness (QED) is 0.609. The Kier molecular flexibility index (Phi) is 5.46. The molecule has 0 fully saturated rings. The van der Waals surface area contributed by atoms with Crippen LogP contribution in [0.3, 0.4) is 0 Å². The number of nitrogens with zero attached hydrogens (tertiary/aromatic N) is 1. The van der Waals surface area contributed by atoms with Crippen LogP contribution in [0.15, 0.2) is 72.1 Å². The Morgan fingerprint density at radius 2 is 1.61 bits per heavy atom. The third kappa shape index (κ3) is 4.44. The monoisotopic (exact) mass is 323 g/mol. The second-order valence-electron chi connectivity index (χ2n) is 5.52. The molecule has 1 heterocycles. The van der Waals surface area contributed by atoms with E-state index in [9.17, 15) is 0 Å². The van der Waals surface area contributed by atoms with E-state index >= 15 is 0 Å². The second-order valence-corrected chi connectivity index (χ2v) is 6.55. The molecular formula is C20H21NOS. The molecule has 0 saturated carbocycles. The standard InChI is InChI=1S/C20H21NOS/c1-22-20-12-6-5-10-18(20)15-21(16-19-11-7-13-23-19)14-17-8-3-2-4-9-17/h2-13H,14-16H2,1H3. The van der Waals surface area contributed by atoms with Crippen LogP contribution in [0.1, 0.15) is 16.0 Å². The molecule has 23 heavy (non-hydrogen) atoms. The van der Waals surface area contributed by atoms with Crippen LogP contribution >= 0.6 is 11.3 Å². The average molecular weight is 323 g/mol. The SMILES string of the molecule is COc1ccccc1CN(Cc1ccccc1)Cc1cccs1. The lowest BCUT2D eigenvalue weighted by molar-refractivity contribution is 0.246. The first-order valence-electron chi connectivity index (χ1n) is 7.75. The second kappa shape index (κ2) is 7.95. The number of thiophene rings is 1. The minimum absolute atomic E-state index is 0.872. The fraction of sp³-hybridized carbons (Fsp3) is 0.200. The Morgan fingerprint density at radius 3 is 2.35 bits per heavy atom. The van der Waals surface area contributed by atoms with Crippen LogP contribution in [-0.4, -0.2) is 12.0 Å². The summed E-state index contributed by atoms with van der Waals surface area (Å²) in [6.45, 7) is 2.75. The molecule has 0 spiro atoms. The maximum Gasteiger partial charge on any atom is 0.123 e. The summed E-state index contributed by atoms with van der Waals surface area (Å²) >= 11 is 1.81. The van der Waals surface area contributed by atoms with E-state index in [4.69, 9.17) is 4.74 Å². The highest BCUT2D eigenvalue weighted by Crippen LogP contribution is 2.22. The number of ether oxygens (including phenoxy) is 1. The van der Waals surface area contributed by atoms with E-state index in [1.165, 1.54) is 16.0 Å². The van der Waals surface area contributed by atoms with Crippen LogP contribution in [0.2, 0.25) is 0 Å². The van der Waals surface area contributed by atoms with Gasteiger partial charge in [-0.05, 0) is 23.1 Å². The predicted octanol–water partition coefficient (Wildman–Crippen LogP) is 4.96. The van der Waals surface area contributed by atoms with E-state index in [1.54, 1.807) is 7.11 Å². The van der Waals surface area contributed by atoms with Gasteiger partial charge in [-0.25, -0.2) is 0 Å². The Hall–Kier alpha value is -2.10. The highest BCUT2D eigenvalue weighted by molar-refractivity contribution is 7.09. The van der Waals surface area contributed by atoms with Crippen LogP contribution in [-0.2, 0) is 19.6 Å². The number of benzene rings is 2. The van der Waals surface area contributed by atoms with Crippen LogP contribution in [0.5, 0.6) is 5.75 Å². The van der Waals surface area contributed by atoms with Crippen molar-refractivity contribution in [3.63, 3.8) is 0 Å². The predicted molar refractivity (Wildman–Crippen MR) is 96.7 cm³/mol. The molecule has 0 N–H and O–H groups in total. The molecule has 3 heteroatoms. The van der Waals surface area contributed by atoms with Gasteiger partial charge in [-0.3, -0.25) is 4.90 Å². The van der Waals surface area contributed by atoms with Gasteiger partial charge in [0.25, 0.3) is 0 Å². The van der Waals surface area contributed by atoms with Crippen molar-refractivity contribution in [3.8, 4) is 5.75 Å². The Balaban J connectivity index is 1.79. The van der Waals surface area contributed by atoms with Crippen molar-refractivity contribution in [2.45, 2.75) is 19.6 Å². The van der Waals surface area contributed by atoms with Gasteiger partial charge in [0.15, 0.2) is 0 Å². The Labute approximate surface area is 142 Å². The van der Waals surface area contributed by atoms with E-state index in [2.05, 4.69) is 64.9 Å². The number of hydrogen-bond donors (Lipinski definition) is 0. The van der Waals surface area contributed by atoms with E-state index in [0.29, 0.717) is 0 Å². The third-order valence-electron chi connectivity index (χ3n) is 3.80. The van der Waals surface area contributed by atoms with Gasteiger partial charge in [0.05, 0.1) is 7.11 Å². The first kappa shape index (κ1) is 15.8. The zero-order valence-electron chi connectivity index (χ0n) is 13.3. The largest absolute Gasteiger partial charge is 0.496 e. The molecule has 3 rings (SSSR count). The van der Waals surface area contributed by atoms with Gasteiger partial charge in [0.2, 0.25) is 0 Å². The van der Waals surface area contributed by atoms with E-state index < -0.39 is 0 Å². The first-order valence-corrected chi connectivity index (χ1v) is 8.63. The first-order chi connectivity index (χ1) is 11.3. The van der Waals surface area contributed by atoms with Gasteiger partial charge >= 0.3 is 0 Å². The molecule has 0 atom stereocenters. The molecule has 0 unspecified atom stereocenters. The summed E-state index contributed by atoms with van der Waals surface area (Å²) in [6.07, 6.45) is 0. The fourth-order valence-corrected chi connectivity index (χ4v) is 3.45. The molecule has 2 aromatic carbocycles. The van der Waals surface area contributed by atoms with E-state index in [1.807, 2.05) is 23.5 Å². The van der Waals surface area contributed by atoms with Crippen LogP contribution < -0.4 is 4.74 Å². The van der Waals surface area contributed by atoms with Crippen molar-refractivity contribution in [2.75, 3.05) is 7.11 Å². The molecule has 3 aromatic rings. The summed E-state index contributed by atoms with van der Waals surface area (Å²) in [5, 5.41) is 2.14. The number of rotatable bonds is 7. The molecule has 0 aliphatic rings. The molecule has 2 nitrogen and oxygen atoms in total. The van der Waals surface area contributed by atoms with E-state index in [0.717, 1.165) is 25.4 Å². The van der Waals surface area contributed by atoms with Crippen molar-refractivity contribution in [3.05, 3.63) is 88.1 Å². The molecule has 0 saturated heterocycles. The van der Waals surface area contributed by atoms with Crippen LogP contribution in [0.25, 0.3) is 0 Å². The normalized spacial score (nSPS) is 10.9. The van der Waals surface area contributed by atoms with Crippen molar-refractivity contribution < 1.29 is 4.74 Å². The van der Waals surface area contributed by atoms with Gasteiger partial charge < -0.3 is 4.74 Å². The zero-order valence-corrected chi connectivity index (χ0v) is 14.1. The smallest absolute Gasteiger partial charge is 0.123 e. The maximum absolute atomic E-state index is 5.51. The van der Waals surface area contributed by atoms with Gasteiger partial charge in [0, 0.05) is 30.1 Å². The van der Waals surface area contributed by atoms with Crippen molar-refractivity contribution in [1.29, 1.82) is 0 Å². The lowest BCUT2D eigenvalue weighted by Gasteiger charge is -2.23. The Bertz CT molecular complexity index is 710. The van der Waals surface area contributed by atoms with Crippen molar-refractivity contribution >= 4 is 11.3 Å². The molecule has 0 bridgehead atoms. The molecule has 1 aromatic heterocycles. The summed E-state index contributed by atoms with van der Waals surface area (Å²) in [4.78, 5) is 3.84. The summed E-state index contributed by atoms with van der Waals surface area (Å²) in [6, 6.07) is 23.2. The highest BCUT2D eigenvalue weighted by atomic mass is 32.1. The van der Waals surface area contributed by atoms with E-state index in [-0.39, 0.29) is 0 Å². The summed E-state index contributed by atoms with van der Waals surface area (Å²) in [7, 11) is 1.74. The summed E-state index contributed by atoms with van der Waals surface area (Å²) in [5.41, 5.74) is 2.56. The average Bonchev–Trinajstić information content (AvgIpc) is 3.09. The zero-order chi connectivity index (χ0) is 15.9. The lowest BCUT2D eigenvalue weighted by Crippen LogP contribution is -2.22. The number of para-hydroxylation sites is 1. The molecule has 0 aliphatic carbocycles. The lowest BCUT2D eigenvalue weighted by atomic mass is 10.1. The van der Waals surface area contributed by atoms with Crippen LogP contribution in [0.4, 0.5) is 0 Å². The van der Waals surface area contributed by atoms with Gasteiger partial charge in [0.1, 0.15) is 5.75 Å². The van der Waals surface area contributed by atoms with Crippen LogP contribution in [0, 0.1) is 0 Å². The molecule has 0 aliphatic heterocycles. The van der Waals surface area contributed by atoms with Gasteiger partial charge in [-0.15, -0.1) is 11.3 Å². The Morgan fingerprint density at radius 1 is 0.826 bits per heavy atom. The topological polar surface area (TPSA) is 12.5 Å².